The third kappa shape index (κ3) is 4.74. The van der Waals surface area contributed by atoms with Crippen LogP contribution < -0.4 is 16.4 Å². The molecule has 8 heteroatoms. The Hall–Kier alpha value is -4.72. The van der Waals surface area contributed by atoms with Gasteiger partial charge in [0.1, 0.15) is 5.69 Å². The second kappa shape index (κ2) is 9.14. The number of rotatable bonds is 6. The number of H-pyrrole nitrogens is 2. The van der Waals surface area contributed by atoms with Gasteiger partial charge in [0, 0.05) is 17.7 Å². The third-order valence-electron chi connectivity index (χ3n) is 6.06. The largest absolute Gasteiger partial charge is 0.493 e. The molecule has 36 heavy (non-hydrogen) atoms. The van der Waals surface area contributed by atoms with Crippen molar-refractivity contribution < 1.29 is 5.11 Å². The van der Waals surface area contributed by atoms with Crippen LogP contribution in [0.1, 0.15) is 40.9 Å². The highest BCUT2D eigenvalue weighted by Gasteiger charge is 2.20. The molecule has 2 aromatic carbocycles. The fourth-order valence-electron chi connectivity index (χ4n) is 4.05. The second-order valence-corrected chi connectivity index (χ2v) is 8.95. The molecule has 3 aromatic heterocycles. The monoisotopic (exact) mass is 476 g/mol. The van der Waals surface area contributed by atoms with Crippen LogP contribution in [0.25, 0.3) is 23.9 Å². The van der Waals surface area contributed by atoms with Crippen molar-refractivity contribution in [3.8, 4) is 5.88 Å². The zero-order valence-corrected chi connectivity index (χ0v) is 19.4. The number of benzene rings is 2. The van der Waals surface area contributed by atoms with Gasteiger partial charge in [0.15, 0.2) is 11.1 Å². The average molecular weight is 477 g/mol. The molecule has 0 saturated heterocycles. The summed E-state index contributed by atoms with van der Waals surface area (Å²) in [6.45, 7) is 0. The molecule has 1 aliphatic carbocycles. The molecule has 1 saturated carbocycles. The van der Waals surface area contributed by atoms with Crippen LogP contribution in [0, 0.1) is 0 Å². The summed E-state index contributed by atoms with van der Waals surface area (Å²) in [5.74, 6) is -0.222. The minimum absolute atomic E-state index is 0.222. The predicted molar refractivity (Wildman–Crippen MR) is 138 cm³/mol. The van der Waals surface area contributed by atoms with Crippen LogP contribution in [0.5, 0.6) is 5.88 Å². The Bertz CT molecular complexity index is 1740. The molecule has 0 atom stereocenters. The first-order valence-electron chi connectivity index (χ1n) is 11.9. The summed E-state index contributed by atoms with van der Waals surface area (Å²) in [6.07, 6.45) is 10.3. The summed E-state index contributed by atoms with van der Waals surface area (Å²) in [4.78, 5) is 26.1. The van der Waals surface area contributed by atoms with Crippen molar-refractivity contribution in [2.45, 2.75) is 25.3 Å². The maximum absolute atomic E-state index is 11.5. The molecule has 0 spiro atoms. The van der Waals surface area contributed by atoms with Crippen LogP contribution in [0.4, 0.5) is 0 Å². The van der Waals surface area contributed by atoms with Crippen LogP contribution in [0.15, 0.2) is 76.6 Å². The molecule has 5 aromatic rings. The fourth-order valence-corrected chi connectivity index (χ4v) is 4.05. The predicted octanol–water partition coefficient (Wildman–Crippen LogP) is 2.82. The molecule has 0 amide bonds. The second-order valence-electron chi connectivity index (χ2n) is 8.95. The molecule has 0 unspecified atom stereocenters. The number of aromatic hydroxyl groups is 1. The van der Waals surface area contributed by atoms with E-state index >= 15 is 0 Å². The first-order chi connectivity index (χ1) is 17.6. The Kier molecular flexibility index (Phi) is 5.53. The number of imidazole rings is 1. The molecule has 3 heterocycles. The van der Waals surface area contributed by atoms with E-state index in [1.54, 1.807) is 16.8 Å². The van der Waals surface area contributed by atoms with Crippen molar-refractivity contribution in [3.63, 3.8) is 0 Å². The molecule has 3 N–H and O–H groups in total. The Balaban J connectivity index is 1.34. The maximum Gasteiger partial charge on any atom is 0.326 e. The molecule has 0 radical (unpaired) electrons. The van der Waals surface area contributed by atoms with Gasteiger partial charge < -0.3 is 10.1 Å². The SMILES string of the molecule is O=c1[nH]c(O)c(C=c2cnn3c(=NC4CC4)cc(Cc4ccc(/C=C/c5ccccc5)cc4)nc23)[nH]1. The quantitative estimate of drug-likeness (QED) is 0.327. The zero-order valence-electron chi connectivity index (χ0n) is 19.4. The lowest BCUT2D eigenvalue weighted by atomic mass is 10.1. The molecule has 0 bridgehead atoms. The number of aromatic amines is 2. The minimum atomic E-state index is -0.477. The molecule has 1 aliphatic rings. The van der Waals surface area contributed by atoms with Crippen molar-refractivity contribution in [2.24, 2.45) is 4.99 Å². The molecule has 0 aliphatic heterocycles. The van der Waals surface area contributed by atoms with E-state index in [1.165, 1.54) is 0 Å². The topological polar surface area (TPSA) is 111 Å². The minimum Gasteiger partial charge on any atom is -0.493 e. The van der Waals surface area contributed by atoms with E-state index in [0.29, 0.717) is 23.3 Å². The average Bonchev–Trinajstić information content (AvgIpc) is 3.52. The molecule has 178 valence electrons. The van der Waals surface area contributed by atoms with Crippen molar-refractivity contribution >= 4 is 23.9 Å². The number of nitrogens with zero attached hydrogens (tertiary/aromatic N) is 4. The standard InChI is InChI=1S/C28H24N6O2/c35-27-24(32-28(36)33-27)15-21-17-29-34-25(30-22-12-13-22)16-23(31-26(21)34)14-20-10-8-19(9-11-20)7-6-18-4-2-1-3-5-18/h1-11,15-17,22,35H,12-14H2,(H2,32,33,36)/b7-6+,21-15?,30-25?. The van der Waals surface area contributed by atoms with Crippen molar-refractivity contribution in [1.82, 2.24) is 24.6 Å². The molecular formula is C28H24N6O2. The van der Waals surface area contributed by atoms with Gasteiger partial charge in [-0.1, -0.05) is 66.7 Å². The smallest absolute Gasteiger partial charge is 0.326 e. The van der Waals surface area contributed by atoms with E-state index in [-0.39, 0.29) is 11.6 Å². The van der Waals surface area contributed by atoms with Crippen LogP contribution >= 0.6 is 0 Å². The number of hydrogen-bond donors (Lipinski definition) is 3. The van der Waals surface area contributed by atoms with Crippen molar-refractivity contribution in [3.05, 3.63) is 116 Å². The Morgan fingerprint density at radius 2 is 1.78 bits per heavy atom. The highest BCUT2D eigenvalue weighted by molar-refractivity contribution is 5.69. The van der Waals surface area contributed by atoms with Gasteiger partial charge in [0.25, 0.3) is 0 Å². The maximum atomic E-state index is 11.5. The van der Waals surface area contributed by atoms with Gasteiger partial charge in [0.2, 0.25) is 5.88 Å². The summed E-state index contributed by atoms with van der Waals surface area (Å²) < 4.78 is 1.72. The molecule has 1 fully saturated rings. The van der Waals surface area contributed by atoms with Crippen molar-refractivity contribution in [2.75, 3.05) is 0 Å². The van der Waals surface area contributed by atoms with E-state index in [2.05, 4.69) is 63.6 Å². The molecular weight excluding hydrogens is 452 g/mol. The Morgan fingerprint density at radius 3 is 2.47 bits per heavy atom. The highest BCUT2D eigenvalue weighted by Crippen LogP contribution is 2.22. The van der Waals surface area contributed by atoms with Crippen LogP contribution in [-0.4, -0.2) is 35.7 Å². The Morgan fingerprint density at radius 1 is 1.03 bits per heavy atom. The molecule has 6 rings (SSSR count). The zero-order chi connectivity index (χ0) is 24.5. The lowest BCUT2D eigenvalue weighted by molar-refractivity contribution is 0.454. The number of hydrogen-bond acceptors (Lipinski definition) is 5. The number of aromatic nitrogens is 5. The van der Waals surface area contributed by atoms with Gasteiger partial charge in [-0.15, -0.1) is 0 Å². The van der Waals surface area contributed by atoms with Crippen LogP contribution in [-0.2, 0) is 6.42 Å². The first-order valence-corrected chi connectivity index (χ1v) is 11.9. The first kappa shape index (κ1) is 21.8. The lowest BCUT2D eigenvalue weighted by Gasteiger charge is -2.04. The third-order valence-corrected chi connectivity index (χ3v) is 6.06. The van der Waals surface area contributed by atoms with E-state index in [1.807, 2.05) is 24.3 Å². The van der Waals surface area contributed by atoms with Gasteiger partial charge in [-0.05, 0) is 35.6 Å². The summed E-state index contributed by atoms with van der Waals surface area (Å²) in [6, 6.07) is 21.0. The van der Waals surface area contributed by atoms with E-state index in [4.69, 9.17) is 9.98 Å². The lowest BCUT2D eigenvalue weighted by Crippen LogP contribution is -2.20. The van der Waals surface area contributed by atoms with E-state index < -0.39 is 5.69 Å². The van der Waals surface area contributed by atoms with Gasteiger partial charge >= 0.3 is 5.69 Å². The summed E-state index contributed by atoms with van der Waals surface area (Å²) in [5.41, 5.74) is 5.48. The normalized spacial score (nSPS) is 14.9. The number of nitrogens with one attached hydrogen (secondary N) is 2. The van der Waals surface area contributed by atoms with Gasteiger partial charge in [-0.2, -0.15) is 9.61 Å². The fraction of sp³-hybridized carbons (Fsp3) is 0.143. The summed E-state index contributed by atoms with van der Waals surface area (Å²) >= 11 is 0. The Labute approximate surface area is 206 Å². The van der Waals surface area contributed by atoms with Crippen molar-refractivity contribution in [1.29, 1.82) is 0 Å². The molecule has 8 nitrogen and oxygen atoms in total. The van der Waals surface area contributed by atoms with E-state index in [9.17, 15) is 9.90 Å². The van der Waals surface area contributed by atoms with Gasteiger partial charge in [-0.3, -0.25) is 9.98 Å². The van der Waals surface area contributed by atoms with Gasteiger partial charge in [-0.25, -0.2) is 9.78 Å². The highest BCUT2D eigenvalue weighted by atomic mass is 16.3. The summed E-state index contributed by atoms with van der Waals surface area (Å²) in [5, 5.41) is 15.1. The van der Waals surface area contributed by atoms with Crippen LogP contribution in [0.2, 0.25) is 0 Å². The number of fused-ring (bicyclic) bond motifs is 1. The summed E-state index contributed by atoms with van der Waals surface area (Å²) in [7, 11) is 0. The van der Waals surface area contributed by atoms with Gasteiger partial charge in [0.05, 0.1) is 17.9 Å². The van der Waals surface area contributed by atoms with E-state index in [0.717, 1.165) is 40.7 Å². The van der Waals surface area contributed by atoms with Crippen LogP contribution in [0.3, 0.4) is 0 Å².